The van der Waals surface area contributed by atoms with E-state index in [1.165, 1.54) is 0 Å². The quantitative estimate of drug-likeness (QED) is 0.863. The molecule has 0 saturated carbocycles. The number of hydrogen-bond donors (Lipinski definition) is 2. The first-order valence-electron chi connectivity index (χ1n) is 5.72. The summed E-state index contributed by atoms with van der Waals surface area (Å²) in [5.41, 5.74) is 12.9. The lowest BCUT2D eigenvalue weighted by atomic mass is 10.1. The summed E-state index contributed by atoms with van der Waals surface area (Å²) in [5.74, 6) is 1.27. The third kappa shape index (κ3) is 2.51. The Hall–Kier alpha value is -2.30. The van der Waals surface area contributed by atoms with E-state index in [0.29, 0.717) is 5.82 Å². The van der Waals surface area contributed by atoms with Crippen LogP contribution in [0.1, 0.15) is 13.8 Å². The summed E-state index contributed by atoms with van der Waals surface area (Å²) in [6, 6.07) is 7.64. The second kappa shape index (κ2) is 4.91. The van der Waals surface area contributed by atoms with Crippen molar-refractivity contribution in [3.8, 4) is 16.9 Å². The van der Waals surface area contributed by atoms with Gasteiger partial charge in [-0.3, -0.25) is 0 Å². The molecule has 1 aromatic carbocycles. The summed E-state index contributed by atoms with van der Waals surface area (Å²) in [6.07, 6.45) is 1.70. The topological polar surface area (TPSA) is 87.0 Å². The summed E-state index contributed by atoms with van der Waals surface area (Å²) in [7, 11) is 0. The first-order valence-corrected chi connectivity index (χ1v) is 5.72. The van der Waals surface area contributed by atoms with Crippen LogP contribution in [0, 0.1) is 0 Å². The lowest BCUT2D eigenvalue weighted by molar-refractivity contribution is 0.243. The van der Waals surface area contributed by atoms with Crippen LogP contribution < -0.4 is 16.2 Å². The van der Waals surface area contributed by atoms with Crippen molar-refractivity contribution in [2.24, 2.45) is 0 Å². The number of rotatable bonds is 3. The highest BCUT2D eigenvalue weighted by Gasteiger charge is 2.11. The van der Waals surface area contributed by atoms with Crippen molar-refractivity contribution >= 4 is 11.8 Å². The van der Waals surface area contributed by atoms with Gasteiger partial charge in [-0.05, 0) is 19.9 Å². The number of anilines is 2. The minimum atomic E-state index is 0.0853. The highest BCUT2D eigenvalue weighted by atomic mass is 16.5. The molecule has 94 valence electrons. The van der Waals surface area contributed by atoms with E-state index < -0.39 is 0 Å². The number of hydrogen-bond acceptors (Lipinski definition) is 5. The van der Waals surface area contributed by atoms with E-state index in [0.717, 1.165) is 16.9 Å². The molecular weight excluding hydrogens is 228 g/mol. The molecule has 0 saturated heterocycles. The number of para-hydroxylation sites is 1. The van der Waals surface area contributed by atoms with Crippen LogP contribution >= 0.6 is 0 Å². The van der Waals surface area contributed by atoms with Crippen LogP contribution in [-0.4, -0.2) is 16.1 Å². The van der Waals surface area contributed by atoms with Gasteiger partial charge in [0, 0.05) is 17.3 Å². The molecule has 0 atom stereocenters. The Bertz CT molecular complexity index is 554. The smallest absolute Gasteiger partial charge is 0.221 e. The van der Waals surface area contributed by atoms with Crippen molar-refractivity contribution in [2.45, 2.75) is 20.0 Å². The van der Waals surface area contributed by atoms with Gasteiger partial charge in [0.1, 0.15) is 11.6 Å². The zero-order valence-corrected chi connectivity index (χ0v) is 10.4. The van der Waals surface area contributed by atoms with Crippen LogP contribution in [0.2, 0.25) is 0 Å². The van der Waals surface area contributed by atoms with Gasteiger partial charge >= 0.3 is 0 Å². The van der Waals surface area contributed by atoms with E-state index in [9.17, 15) is 0 Å². The van der Waals surface area contributed by atoms with Crippen molar-refractivity contribution in [1.82, 2.24) is 9.97 Å². The number of benzene rings is 1. The predicted octanol–water partition coefficient (Wildman–Crippen LogP) is 2.10. The molecule has 0 aliphatic carbocycles. The Kier molecular flexibility index (Phi) is 3.32. The van der Waals surface area contributed by atoms with E-state index >= 15 is 0 Å². The Morgan fingerprint density at radius 3 is 2.50 bits per heavy atom. The van der Waals surface area contributed by atoms with Gasteiger partial charge in [-0.1, -0.05) is 18.2 Å². The molecule has 0 spiro atoms. The highest BCUT2D eigenvalue weighted by Crippen LogP contribution is 2.33. The molecule has 2 aromatic rings. The molecular formula is C13H16N4O. The largest absolute Gasteiger partial charge is 0.490 e. The van der Waals surface area contributed by atoms with Gasteiger partial charge in [0.05, 0.1) is 6.10 Å². The molecule has 0 fully saturated rings. The van der Waals surface area contributed by atoms with Gasteiger partial charge in [-0.15, -0.1) is 0 Å². The summed E-state index contributed by atoms with van der Waals surface area (Å²) >= 11 is 0. The van der Waals surface area contributed by atoms with E-state index in [1.54, 1.807) is 6.20 Å². The maximum absolute atomic E-state index is 5.87. The van der Waals surface area contributed by atoms with Crippen molar-refractivity contribution in [1.29, 1.82) is 0 Å². The van der Waals surface area contributed by atoms with Gasteiger partial charge in [0.15, 0.2) is 0 Å². The zero-order chi connectivity index (χ0) is 13.1. The normalized spacial score (nSPS) is 10.6. The van der Waals surface area contributed by atoms with Crippen molar-refractivity contribution < 1.29 is 4.74 Å². The fraction of sp³-hybridized carbons (Fsp3) is 0.231. The molecule has 18 heavy (non-hydrogen) atoms. The Labute approximate surface area is 106 Å². The van der Waals surface area contributed by atoms with Crippen molar-refractivity contribution in [3.63, 3.8) is 0 Å². The average Bonchev–Trinajstić information content (AvgIpc) is 2.30. The van der Waals surface area contributed by atoms with Crippen LogP contribution in [0.4, 0.5) is 11.8 Å². The summed E-state index contributed by atoms with van der Waals surface area (Å²) in [5, 5.41) is 0. The maximum atomic E-state index is 5.87. The second-order valence-electron chi connectivity index (χ2n) is 4.19. The maximum Gasteiger partial charge on any atom is 0.221 e. The van der Waals surface area contributed by atoms with Gasteiger partial charge in [0.2, 0.25) is 5.95 Å². The van der Waals surface area contributed by atoms with Crippen LogP contribution in [0.5, 0.6) is 5.75 Å². The van der Waals surface area contributed by atoms with E-state index in [4.69, 9.17) is 16.2 Å². The fourth-order valence-corrected chi connectivity index (χ4v) is 1.66. The molecule has 5 heteroatoms. The first-order chi connectivity index (χ1) is 8.58. The van der Waals surface area contributed by atoms with E-state index in [2.05, 4.69) is 9.97 Å². The standard InChI is InChI=1S/C13H16N4O/c1-8(2)18-11-6-4-3-5-9(11)10-7-16-13(15)17-12(10)14/h3-8H,1-2H3,(H4,14,15,16,17). The number of nitrogens with zero attached hydrogens (tertiary/aromatic N) is 2. The first kappa shape index (κ1) is 12.2. The Morgan fingerprint density at radius 1 is 1.11 bits per heavy atom. The third-order valence-corrected chi connectivity index (χ3v) is 2.38. The van der Waals surface area contributed by atoms with E-state index in [-0.39, 0.29) is 12.1 Å². The molecule has 1 heterocycles. The molecule has 0 bridgehead atoms. The highest BCUT2D eigenvalue weighted by molar-refractivity contribution is 5.78. The van der Waals surface area contributed by atoms with Crippen LogP contribution in [0.25, 0.3) is 11.1 Å². The molecule has 4 N–H and O–H groups in total. The SMILES string of the molecule is CC(C)Oc1ccccc1-c1cnc(N)nc1N. The van der Waals surface area contributed by atoms with E-state index in [1.807, 2.05) is 38.1 Å². The van der Waals surface area contributed by atoms with Crippen LogP contribution in [0.15, 0.2) is 30.5 Å². The molecule has 5 nitrogen and oxygen atoms in total. The number of nitrogen functional groups attached to an aromatic ring is 2. The minimum absolute atomic E-state index is 0.0853. The number of ether oxygens (including phenoxy) is 1. The van der Waals surface area contributed by atoms with Crippen molar-refractivity contribution in [2.75, 3.05) is 11.5 Å². The van der Waals surface area contributed by atoms with Gasteiger partial charge in [-0.25, -0.2) is 4.98 Å². The molecule has 0 aliphatic rings. The molecule has 0 amide bonds. The van der Waals surface area contributed by atoms with Crippen molar-refractivity contribution in [3.05, 3.63) is 30.5 Å². The Balaban J connectivity index is 2.49. The van der Waals surface area contributed by atoms with Crippen LogP contribution in [0.3, 0.4) is 0 Å². The summed E-state index contributed by atoms with van der Waals surface area (Å²) < 4.78 is 5.74. The molecule has 0 aliphatic heterocycles. The van der Waals surface area contributed by atoms with Crippen LogP contribution in [-0.2, 0) is 0 Å². The van der Waals surface area contributed by atoms with Gasteiger partial charge in [0.25, 0.3) is 0 Å². The summed E-state index contributed by atoms with van der Waals surface area (Å²) in [6.45, 7) is 3.94. The molecule has 2 rings (SSSR count). The molecule has 0 unspecified atom stereocenters. The van der Waals surface area contributed by atoms with Gasteiger partial charge in [-0.2, -0.15) is 4.98 Å². The fourth-order valence-electron chi connectivity index (χ4n) is 1.66. The third-order valence-electron chi connectivity index (χ3n) is 2.38. The molecule has 1 aromatic heterocycles. The lowest BCUT2D eigenvalue weighted by Gasteiger charge is -2.14. The lowest BCUT2D eigenvalue weighted by Crippen LogP contribution is -2.07. The summed E-state index contributed by atoms with van der Waals surface area (Å²) in [4.78, 5) is 7.93. The Morgan fingerprint density at radius 2 is 1.83 bits per heavy atom. The molecule has 0 radical (unpaired) electrons. The second-order valence-corrected chi connectivity index (χ2v) is 4.19. The zero-order valence-electron chi connectivity index (χ0n) is 10.4. The minimum Gasteiger partial charge on any atom is -0.490 e. The number of aromatic nitrogens is 2. The van der Waals surface area contributed by atoms with Gasteiger partial charge < -0.3 is 16.2 Å². The number of nitrogens with two attached hydrogens (primary N) is 2. The monoisotopic (exact) mass is 244 g/mol. The average molecular weight is 244 g/mol. The predicted molar refractivity (Wildman–Crippen MR) is 72.1 cm³/mol.